The van der Waals surface area contributed by atoms with E-state index in [-0.39, 0.29) is 56.3 Å². The third-order valence-corrected chi connectivity index (χ3v) is 33.2. The number of fused-ring (bicyclic) bond motifs is 1. The van der Waals surface area contributed by atoms with Gasteiger partial charge in [0.05, 0.1) is 47.0 Å². The third-order valence-electron chi connectivity index (χ3n) is 13.1. The van der Waals surface area contributed by atoms with Crippen molar-refractivity contribution >= 4 is 165 Å². The smallest absolute Gasteiger partial charge is 0.297 e. The first-order valence-electron chi connectivity index (χ1n) is 27.8. The first-order chi connectivity index (χ1) is 41.5. The molecule has 7 rings (SSSR count). The number of nitrogens with one attached hydrogen (secondary N) is 1. The van der Waals surface area contributed by atoms with Gasteiger partial charge in [-0.3, -0.25) is 44.6 Å². The van der Waals surface area contributed by atoms with Crippen LogP contribution in [0.1, 0.15) is 81.5 Å². The number of benzene rings is 6. The molecule has 0 saturated heterocycles. The van der Waals surface area contributed by atoms with E-state index in [0.29, 0.717) is 35.5 Å². The number of unbranched alkanes of at least 4 members (excludes halogenated alkanes) is 3. The number of nitrogens with zero attached hydrogens (tertiary/aromatic N) is 4. The van der Waals surface area contributed by atoms with Crippen molar-refractivity contribution in [1.82, 2.24) is 0 Å². The maximum atomic E-state index is 12.1. The third kappa shape index (κ3) is 29.8. The zero-order valence-electron chi connectivity index (χ0n) is 49.2. The van der Waals surface area contributed by atoms with Gasteiger partial charge in [-0.2, -0.15) is 8.42 Å². The van der Waals surface area contributed by atoms with E-state index in [1.807, 2.05) is 47.7 Å². The van der Waals surface area contributed by atoms with Gasteiger partial charge in [0.15, 0.2) is 0 Å². The molecule has 0 aromatic heterocycles. The number of rotatable bonds is 23. The predicted molar refractivity (Wildman–Crippen MR) is 380 cm³/mol. The van der Waals surface area contributed by atoms with Gasteiger partial charge in [0.1, 0.15) is 5.69 Å². The summed E-state index contributed by atoms with van der Waals surface area (Å²) in [7, 11) is -4.00. The Balaban J connectivity index is 0.000000371. The van der Waals surface area contributed by atoms with Crippen LogP contribution in [0.3, 0.4) is 0 Å². The van der Waals surface area contributed by atoms with Gasteiger partial charge in [-0.15, -0.1) is 6.58 Å². The number of halogens is 6. The maximum absolute atomic E-state index is 12.1. The summed E-state index contributed by atoms with van der Waals surface area (Å²) in [6.07, 6.45) is 12.2. The Morgan fingerprint density at radius 2 is 1.11 bits per heavy atom. The van der Waals surface area contributed by atoms with E-state index < -0.39 is 56.0 Å². The second kappa shape index (κ2) is 42.0. The van der Waals surface area contributed by atoms with Gasteiger partial charge in [0.2, 0.25) is 0 Å². The van der Waals surface area contributed by atoms with E-state index in [9.17, 15) is 59.1 Å². The molecule has 1 heterocycles. The molecule has 1 aliphatic rings. The van der Waals surface area contributed by atoms with Crippen molar-refractivity contribution in [3.8, 4) is 0 Å². The molecule has 6 aromatic carbocycles. The van der Waals surface area contributed by atoms with Gasteiger partial charge in [0, 0.05) is 82.8 Å². The van der Waals surface area contributed by atoms with Gasteiger partial charge in [0.25, 0.3) is 32.9 Å². The van der Waals surface area contributed by atoms with Crippen LogP contribution in [-0.2, 0) is 33.6 Å². The van der Waals surface area contributed by atoms with Crippen LogP contribution in [0.25, 0.3) is 0 Å². The largest absolute Gasteiger partial charge is 0.393 e. The van der Waals surface area contributed by atoms with Crippen molar-refractivity contribution in [2.75, 3.05) is 24.2 Å². The van der Waals surface area contributed by atoms with Crippen LogP contribution in [0.5, 0.6) is 0 Å². The monoisotopic (exact) mass is 1770 g/mol. The molecule has 0 saturated carbocycles. The quantitative estimate of drug-likeness (QED) is 0.00882. The van der Waals surface area contributed by atoms with Crippen LogP contribution in [0, 0.1) is 51.0 Å². The van der Waals surface area contributed by atoms with Crippen molar-refractivity contribution < 1.29 is 42.5 Å². The Hall–Kier alpha value is -4.24. The fraction of sp³-hybridized carbons (Fsp3) is 0.344. The van der Waals surface area contributed by atoms with Gasteiger partial charge in [-0.05, 0) is 102 Å². The Labute approximate surface area is 575 Å². The molecule has 5 N–H and O–H groups in total. The van der Waals surface area contributed by atoms with Crippen LogP contribution >= 0.6 is 102 Å². The van der Waals surface area contributed by atoms with Crippen molar-refractivity contribution in [1.29, 1.82) is 0 Å². The number of nitrogens with two attached hydrogens (primary N) is 1. The maximum Gasteiger partial charge on any atom is 0.297 e. The molecule has 0 amide bonds. The summed E-state index contributed by atoms with van der Waals surface area (Å²) in [5.41, 5.74) is 9.75. The number of aliphatic hydroxyl groups excluding tert-OH is 2. The van der Waals surface area contributed by atoms with E-state index >= 15 is 0 Å². The Morgan fingerprint density at radius 3 is 1.58 bits per heavy atom. The van der Waals surface area contributed by atoms with E-state index in [0.717, 1.165) is 26.6 Å². The molecule has 2 unspecified atom stereocenters. The first-order valence-corrected chi connectivity index (χ1v) is 42.3. The zero-order valence-corrected chi connectivity index (χ0v) is 63.0. The molecule has 1 aliphatic heterocycles. The molecule has 2 atom stereocenters. The molecule has 478 valence electrons. The number of nitro benzene ring substituents is 4. The summed E-state index contributed by atoms with van der Waals surface area (Å²) in [5, 5.41) is 64.8. The van der Waals surface area contributed by atoms with Crippen LogP contribution in [0.15, 0.2) is 168 Å². The number of nitro groups is 4. The number of aryl methyl sites for hydroxylation is 1. The molecular formula is C61H74Br5IN6O13SSn. The zero-order chi connectivity index (χ0) is 66.1. The summed E-state index contributed by atoms with van der Waals surface area (Å²) in [5.74, 6) is 0. The van der Waals surface area contributed by atoms with Gasteiger partial charge in [-0.25, -0.2) is 0 Å². The van der Waals surface area contributed by atoms with Crippen LogP contribution < -0.4 is 11.1 Å². The molecule has 0 bridgehead atoms. The molecule has 0 spiro atoms. The average Bonchev–Trinajstić information content (AvgIpc) is 3.69. The number of anilines is 2. The van der Waals surface area contributed by atoms with Crippen LogP contribution in [0.4, 0.5) is 34.1 Å². The fourth-order valence-electron chi connectivity index (χ4n) is 8.56. The summed E-state index contributed by atoms with van der Waals surface area (Å²) >= 11 is 16.2. The van der Waals surface area contributed by atoms with Gasteiger partial charge >= 0.3 is 108 Å². The first kappa shape index (κ1) is 79.9. The normalized spacial score (nSPS) is 12.5. The molecule has 6 aromatic rings. The topological polar surface area (TPSA) is 294 Å². The van der Waals surface area contributed by atoms with Gasteiger partial charge < -0.3 is 21.3 Å². The molecule has 0 aliphatic carbocycles. The second-order valence-electron chi connectivity index (χ2n) is 20.1. The number of allylic oxidation sites excluding steroid dienone is 2. The molecular weight excluding hydrogens is 1700 g/mol. The van der Waals surface area contributed by atoms with Crippen molar-refractivity contribution in [2.24, 2.45) is 0 Å². The van der Waals surface area contributed by atoms with E-state index in [4.69, 9.17) is 9.92 Å². The number of β-amino-alcohol motifs (C(OH)–C–C–N with tert-alkyl or cyclic N) is 1. The minimum atomic E-state index is -4.00. The van der Waals surface area contributed by atoms with Crippen molar-refractivity contribution in [3.05, 3.63) is 229 Å². The second-order valence-corrected chi connectivity index (χ2v) is 41.5. The van der Waals surface area contributed by atoms with Crippen LogP contribution in [-0.4, -0.2) is 82.1 Å². The number of aliphatic hydroxyl groups is 2. The molecule has 27 heteroatoms. The SMILES string of the molecule is C=CCc1ccc(Br)cc1[N+](=O)[O-].C=C[CH2][Sn]([CH2]CCC)([CH2]CCC)[CH2]CCC.Cc1ccc(S(=O)(=O)OCC(O)Cc2ccc(Br)cc2[N+](=O)[O-])cc1.Nc1ccc(Br)cc1[N+](=O)[O-].O=[N+]([O-])c1cc(Br)ccc1I.OC1CNc2cc(Br)ccc2C1. The fourth-order valence-corrected chi connectivity index (χ4v) is 26.9. The Morgan fingerprint density at radius 1 is 0.670 bits per heavy atom. The molecule has 0 fully saturated rings. The molecule has 19 nitrogen and oxygen atoms in total. The number of hydrogen-bond donors (Lipinski definition) is 4. The summed E-state index contributed by atoms with van der Waals surface area (Å²) in [6.45, 7) is 16.6. The molecule has 0 radical (unpaired) electrons. The van der Waals surface area contributed by atoms with Gasteiger partial charge in [-0.1, -0.05) is 122 Å². The minimum Gasteiger partial charge on any atom is -0.393 e. The summed E-state index contributed by atoms with van der Waals surface area (Å²) in [4.78, 5) is 40.4. The van der Waals surface area contributed by atoms with E-state index in [1.54, 1.807) is 67.9 Å². The van der Waals surface area contributed by atoms with Crippen molar-refractivity contribution in [3.63, 3.8) is 0 Å². The standard InChI is InChI=1S/C16H16BrNO6S.C9H8BrNO2.C9H10BrNO.C6H3BrINO2.C6H5BrN2O2.3C4H9.C3H5.Sn/c1-11-2-6-15(7-3-11)25(22,23)24-10-14(19)8-12-4-5-13(17)9-16(12)18(20)21;1-2-3-7-4-5-8(10)6-9(7)11(12)13;10-7-2-1-6-3-8(12)5-11-9(6)4-7;2*7-4-1-2-5(8)6(3-4)9(10)11;3*1-3-4-2;1-3-2;/h2-7,9,14,19H,8,10H2,1H3;2,4-6H,1,3H2;1-2,4,8,11-12H,3,5H2;1-3H;1-3H,8H2;3*1,3-4H2,2H3;3H,1-2H2;. The predicted octanol–water partition coefficient (Wildman–Crippen LogP) is 18.8. The van der Waals surface area contributed by atoms with E-state index in [2.05, 4.69) is 125 Å². The van der Waals surface area contributed by atoms with Crippen LogP contribution in [0.2, 0.25) is 17.7 Å². The Bertz CT molecular complexity index is 3290. The average molecular weight is 1780 g/mol. The summed E-state index contributed by atoms with van der Waals surface area (Å²) < 4.78 is 39.7. The van der Waals surface area contributed by atoms with E-state index in [1.165, 1.54) is 97.1 Å². The van der Waals surface area contributed by atoms with Crippen molar-refractivity contribution in [2.45, 2.75) is 120 Å². The number of nitrogen functional groups attached to an aromatic ring is 1. The summed E-state index contributed by atoms with van der Waals surface area (Å²) in [6, 6.07) is 31.1. The Kier molecular flexibility index (Phi) is 38.1. The minimum absolute atomic E-state index is 0.0140. The molecule has 88 heavy (non-hydrogen) atoms. The number of hydrogen-bond acceptors (Lipinski definition) is 15.